The molecule has 0 saturated heterocycles. The minimum Gasteiger partial charge on any atom is -0.289 e. The number of rotatable bonds is 0. The number of aryl methyl sites for hydroxylation is 1. The second-order valence-electron chi connectivity index (χ2n) is 6.49. The summed E-state index contributed by atoms with van der Waals surface area (Å²) < 4.78 is 0.282. The van der Waals surface area contributed by atoms with Gasteiger partial charge in [-0.2, -0.15) is 0 Å². The molecule has 4 aromatic carbocycles. The number of hydrogen-bond donors (Lipinski definition) is 0. The predicted octanol–water partition coefficient (Wildman–Crippen LogP) is 3.64. The minimum atomic E-state index is -0.486. The van der Waals surface area contributed by atoms with E-state index in [9.17, 15) is 19.2 Å². The molecular formula is C21H9ClO4S. The summed E-state index contributed by atoms with van der Waals surface area (Å²) in [4.78, 5) is 52.3. The lowest BCUT2D eigenvalue weighted by Crippen LogP contribution is -2.15. The fourth-order valence-electron chi connectivity index (χ4n) is 3.78. The lowest BCUT2D eigenvalue weighted by Gasteiger charge is -2.01. The minimum absolute atomic E-state index is 0.00565. The van der Waals surface area contributed by atoms with Crippen LogP contribution in [-0.4, -0.2) is 0 Å². The Labute approximate surface area is 159 Å². The van der Waals surface area contributed by atoms with Crippen molar-refractivity contribution in [1.29, 1.82) is 0 Å². The van der Waals surface area contributed by atoms with Gasteiger partial charge in [0.2, 0.25) is 10.9 Å². The molecule has 0 saturated carbocycles. The maximum absolute atomic E-state index is 13.1. The molecule has 0 atom stereocenters. The van der Waals surface area contributed by atoms with E-state index < -0.39 is 10.9 Å². The van der Waals surface area contributed by atoms with Crippen LogP contribution in [0.4, 0.5) is 0 Å². The third kappa shape index (κ3) is 1.93. The summed E-state index contributed by atoms with van der Waals surface area (Å²) in [6, 6.07) is 9.69. The van der Waals surface area contributed by atoms with Crippen LogP contribution in [0, 0.1) is 6.92 Å². The number of fused-ring (bicyclic) bond motifs is 5. The van der Waals surface area contributed by atoms with E-state index >= 15 is 0 Å². The molecule has 0 bridgehead atoms. The van der Waals surface area contributed by atoms with Crippen molar-refractivity contribution < 1.29 is 0 Å². The highest BCUT2D eigenvalue weighted by atomic mass is 35.5. The average Bonchev–Trinajstić information content (AvgIpc) is 3.05. The zero-order valence-electron chi connectivity index (χ0n) is 13.9. The highest BCUT2D eigenvalue weighted by Crippen LogP contribution is 2.30. The SMILES string of the molecule is Cc1cccc2c(=O)c3c(sc4c(=O)c5cccc(Cl)c5c(=O)c43)c(=O)c12. The second-order valence-corrected chi connectivity index (χ2v) is 7.91. The molecular weight excluding hydrogens is 384 g/mol. The van der Waals surface area contributed by atoms with E-state index in [4.69, 9.17) is 11.6 Å². The molecule has 0 amide bonds. The first-order valence-corrected chi connectivity index (χ1v) is 9.35. The van der Waals surface area contributed by atoms with Crippen LogP contribution >= 0.6 is 22.9 Å². The molecule has 5 rings (SSSR count). The van der Waals surface area contributed by atoms with Crippen molar-refractivity contribution in [3.05, 3.63) is 87.9 Å². The quantitative estimate of drug-likeness (QED) is 0.403. The van der Waals surface area contributed by atoms with Crippen molar-refractivity contribution in [2.45, 2.75) is 6.92 Å². The van der Waals surface area contributed by atoms with E-state index in [-0.39, 0.29) is 52.2 Å². The van der Waals surface area contributed by atoms with Gasteiger partial charge in [-0.1, -0.05) is 41.9 Å². The Balaban J connectivity index is 2.25. The highest BCUT2D eigenvalue weighted by Gasteiger charge is 2.23. The molecule has 1 aromatic heterocycles. The molecule has 0 radical (unpaired) electrons. The molecule has 0 aliphatic heterocycles. The van der Waals surface area contributed by atoms with Crippen LogP contribution in [0.2, 0.25) is 5.02 Å². The average molecular weight is 393 g/mol. The Hall–Kier alpha value is -2.89. The Morgan fingerprint density at radius 2 is 1.26 bits per heavy atom. The molecule has 0 N–H and O–H groups in total. The summed E-state index contributed by atoms with van der Waals surface area (Å²) >= 11 is 7.08. The molecule has 4 nitrogen and oxygen atoms in total. The van der Waals surface area contributed by atoms with Crippen molar-refractivity contribution in [2.75, 3.05) is 0 Å². The first-order chi connectivity index (χ1) is 12.9. The highest BCUT2D eigenvalue weighted by molar-refractivity contribution is 7.25. The molecule has 5 aromatic rings. The van der Waals surface area contributed by atoms with E-state index in [0.29, 0.717) is 10.9 Å². The van der Waals surface area contributed by atoms with Gasteiger partial charge in [-0.3, -0.25) is 19.2 Å². The van der Waals surface area contributed by atoms with Gasteiger partial charge in [-0.15, -0.1) is 11.3 Å². The summed E-state index contributed by atoms with van der Waals surface area (Å²) in [5.41, 5.74) is -0.917. The number of benzene rings is 4. The lowest BCUT2D eigenvalue weighted by molar-refractivity contribution is 1.52. The number of thiophene rings is 1. The van der Waals surface area contributed by atoms with Crippen LogP contribution in [0.15, 0.2) is 55.6 Å². The van der Waals surface area contributed by atoms with Gasteiger partial charge in [0.1, 0.15) is 0 Å². The Morgan fingerprint density at radius 1 is 0.667 bits per heavy atom. The second kappa shape index (κ2) is 5.31. The van der Waals surface area contributed by atoms with Crippen molar-refractivity contribution in [1.82, 2.24) is 0 Å². The van der Waals surface area contributed by atoms with Gasteiger partial charge in [0, 0.05) is 16.2 Å². The Morgan fingerprint density at radius 3 is 2.00 bits per heavy atom. The van der Waals surface area contributed by atoms with Crippen LogP contribution < -0.4 is 21.7 Å². The van der Waals surface area contributed by atoms with Crippen LogP contribution in [0.3, 0.4) is 0 Å². The number of halogens is 1. The van der Waals surface area contributed by atoms with Gasteiger partial charge in [0.05, 0.1) is 30.6 Å². The third-order valence-corrected chi connectivity index (χ3v) is 6.51. The zero-order chi connectivity index (χ0) is 19.0. The third-order valence-electron chi connectivity index (χ3n) is 5.00. The molecule has 0 aliphatic carbocycles. The fourth-order valence-corrected chi connectivity index (χ4v) is 5.24. The monoisotopic (exact) mass is 392 g/mol. The molecule has 6 heteroatoms. The molecule has 0 fully saturated rings. The largest absolute Gasteiger partial charge is 0.289 e. The maximum Gasteiger partial charge on any atom is 0.204 e. The van der Waals surface area contributed by atoms with E-state index in [0.717, 1.165) is 11.3 Å². The maximum atomic E-state index is 13.1. The van der Waals surface area contributed by atoms with E-state index in [1.54, 1.807) is 31.2 Å². The molecule has 1 heterocycles. The molecule has 0 spiro atoms. The van der Waals surface area contributed by atoms with Crippen LogP contribution in [0.1, 0.15) is 5.56 Å². The normalized spacial score (nSPS) is 11.9. The smallest absolute Gasteiger partial charge is 0.204 e. The van der Waals surface area contributed by atoms with Crippen molar-refractivity contribution in [2.24, 2.45) is 0 Å². The standard InChI is InChI=1S/C21H9ClO4S/c1-8-4-2-5-9-12(8)19(26)21-14(16(9)23)15-18(25)13-10(6-3-7-11(13)22)17(24)20(15)27-21/h2-7H,1H3. The van der Waals surface area contributed by atoms with Gasteiger partial charge >= 0.3 is 0 Å². The summed E-state index contributed by atoms with van der Waals surface area (Å²) in [7, 11) is 0. The van der Waals surface area contributed by atoms with E-state index in [1.807, 2.05) is 0 Å². The van der Waals surface area contributed by atoms with Gasteiger partial charge in [0.15, 0.2) is 10.9 Å². The Bertz CT molecular complexity index is 1670. The summed E-state index contributed by atoms with van der Waals surface area (Å²) in [6.07, 6.45) is 0. The summed E-state index contributed by atoms with van der Waals surface area (Å²) in [5, 5.41) is 1.08. The fraction of sp³-hybridized carbons (Fsp3) is 0.0476. The van der Waals surface area contributed by atoms with Gasteiger partial charge in [0.25, 0.3) is 0 Å². The number of hydrogen-bond acceptors (Lipinski definition) is 5. The molecule has 0 unspecified atom stereocenters. The first kappa shape index (κ1) is 16.3. The van der Waals surface area contributed by atoms with Crippen molar-refractivity contribution in [3.8, 4) is 0 Å². The Kier molecular flexibility index (Phi) is 3.21. The summed E-state index contributed by atoms with van der Waals surface area (Å²) in [5.74, 6) is 0. The van der Waals surface area contributed by atoms with Crippen LogP contribution in [-0.2, 0) is 0 Å². The van der Waals surface area contributed by atoms with E-state index in [1.165, 1.54) is 12.1 Å². The summed E-state index contributed by atoms with van der Waals surface area (Å²) in [6.45, 7) is 1.76. The van der Waals surface area contributed by atoms with Crippen molar-refractivity contribution in [3.63, 3.8) is 0 Å². The van der Waals surface area contributed by atoms with Gasteiger partial charge in [-0.25, -0.2) is 0 Å². The van der Waals surface area contributed by atoms with Gasteiger partial charge in [-0.05, 0) is 18.6 Å². The van der Waals surface area contributed by atoms with Gasteiger partial charge < -0.3 is 0 Å². The van der Waals surface area contributed by atoms with Crippen molar-refractivity contribution >= 4 is 64.7 Å². The molecule has 0 aliphatic rings. The van der Waals surface area contributed by atoms with Crippen LogP contribution in [0.25, 0.3) is 41.7 Å². The first-order valence-electron chi connectivity index (χ1n) is 8.15. The van der Waals surface area contributed by atoms with E-state index in [2.05, 4.69) is 0 Å². The molecule has 27 heavy (non-hydrogen) atoms. The zero-order valence-corrected chi connectivity index (χ0v) is 15.5. The molecule has 130 valence electrons. The topological polar surface area (TPSA) is 68.3 Å². The van der Waals surface area contributed by atoms with Crippen LogP contribution in [0.5, 0.6) is 0 Å². The lowest BCUT2D eigenvalue weighted by atomic mass is 10.00. The predicted molar refractivity (Wildman–Crippen MR) is 112 cm³/mol.